The molecule has 0 bridgehead atoms. The molecule has 0 heterocycles. The standard InChI is InChI=1S/C12H17ClN2O/c1-12(2,15-11(16)8-14)7-9-5-3-4-6-10(9)13/h3-6H,7-8,14H2,1-2H3,(H,15,16). The van der Waals surface area contributed by atoms with Gasteiger partial charge in [0.2, 0.25) is 5.91 Å². The number of nitrogens with one attached hydrogen (secondary N) is 1. The largest absolute Gasteiger partial charge is 0.350 e. The van der Waals surface area contributed by atoms with Crippen molar-refractivity contribution in [3.05, 3.63) is 34.9 Å². The quantitative estimate of drug-likeness (QED) is 0.842. The summed E-state index contributed by atoms with van der Waals surface area (Å²) in [7, 11) is 0. The van der Waals surface area contributed by atoms with Crippen molar-refractivity contribution >= 4 is 17.5 Å². The van der Waals surface area contributed by atoms with Crippen LogP contribution in [0, 0.1) is 0 Å². The second-order valence-corrected chi connectivity index (χ2v) is 4.81. The van der Waals surface area contributed by atoms with Gasteiger partial charge >= 0.3 is 0 Å². The van der Waals surface area contributed by atoms with Crippen LogP contribution in [0.2, 0.25) is 5.02 Å². The maximum absolute atomic E-state index is 11.2. The minimum atomic E-state index is -0.346. The van der Waals surface area contributed by atoms with Crippen molar-refractivity contribution in [2.45, 2.75) is 25.8 Å². The lowest BCUT2D eigenvalue weighted by Gasteiger charge is -2.26. The number of hydrogen-bond donors (Lipinski definition) is 2. The smallest absolute Gasteiger partial charge is 0.234 e. The Labute approximate surface area is 101 Å². The lowest BCUT2D eigenvalue weighted by molar-refractivity contribution is -0.121. The van der Waals surface area contributed by atoms with Gasteiger partial charge in [-0.2, -0.15) is 0 Å². The predicted octanol–water partition coefficient (Wildman–Crippen LogP) is 1.74. The lowest BCUT2D eigenvalue weighted by Crippen LogP contribution is -2.47. The van der Waals surface area contributed by atoms with E-state index in [1.54, 1.807) is 0 Å². The predicted molar refractivity (Wildman–Crippen MR) is 66.4 cm³/mol. The van der Waals surface area contributed by atoms with Crippen LogP contribution >= 0.6 is 11.6 Å². The molecule has 0 saturated heterocycles. The van der Waals surface area contributed by atoms with Gasteiger partial charge in [0.25, 0.3) is 0 Å². The molecule has 3 N–H and O–H groups in total. The summed E-state index contributed by atoms with van der Waals surface area (Å²) in [6, 6.07) is 7.62. The summed E-state index contributed by atoms with van der Waals surface area (Å²) in [4.78, 5) is 11.2. The van der Waals surface area contributed by atoms with E-state index in [1.165, 1.54) is 0 Å². The molecule has 16 heavy (non-hydrogen) atoms. The Kier molecular flexibility index (Phi) is 4.33. The molecule has 0 aliphatic rings. The van der Waals surface area contributed by atoms with E-state index in [4.69, 9.17) is 17.3 Å². The van der Waals surface area contributed by atoms with E-state index in [0.717, 1.165) is 10.6 Å². The second kappa shape index (κ2) is 5.32. The minimum Gasteiger partial charge on any atom is -0.350 e. The van der Waals surface area contributed by atoms with Crippen LogP contribution in [0.3, 0.4) is 0 Å². The molecule has 0 spiro atoms. The van der Waals surface area contributed by atoms with Gasteiger partial charge in [-0.3, -0.25) is 4.79 Å². The minimum absolute atomic E-state index is 0.00590. The number of benzene rings is 1. The van der Waals surface area contributed by atoms with Gasteiger partial charge in [-0.15, -0.1) is 0 Å². The number of nitrogens with two attached hydrogens (primary N) is 1. The number of rotatable bonds is 4. The molecule has 88 valence electrons. The Morgan fingerprint density at radius 1 is 1.44 bits per heavy atom. The van der Waals surface area contributed by atoms with Crippen molar-refractivity contribution < 1.29 is 4.79 Å². The third-order valence-electron chi connectivity index (χ3n) is 2.25. The maximum Gasteiger partial charge on any atom is 0.234 e. The van der Waals surface area contributed by atoms with Gasteiger partial charge in [-0.25, -0.2) is 0 Å². The number of carbonyl (C=O) groups is 1. The van der Waals surface area contributed by atoms with E-state index in [1.807, 2.05) is 38.1 Å². The average Bonchev–Trinajstić information content (AvgIpc) is 2.20. The van der Waals surface area contributed by atoms with Crippen molar-refractivity contribution in [3.8, 4) is 0 Å². The van der Waals surface area contributed by atoms with Crippen LogP contribution in [0.5, 0.6) is 0 Å². The molecule has 0 unspecified atom stereocenters. The summed E-state index contributed by atoms with van der Waals surface area (Å²) in [5.41, 5.74) is 5.94. The Morgan fingerprint density at radius 2 is 2.06 bits per heavy atom. The molecule has 0 aromatic heterocycles. The van der Waals surface area contributed by atoms with Crippen molar-refractivity contribution in [3.63, 3.8) is 0 Å². The Bertz CT molecular complexity index is 377. The molecule has 0 atom stereocenters. The summed E-state index contributed by atoms with van der Waals surface area (Å²) < 4.78 is 0. The average molecular weight is 241 g/mol. The topological polar surface area (TPSA) is 55.1 Å². The van der Waals surface area contributed by atoms with Gasteiger partial charge in [0.15, 0.2) is 0 Å². The molecule has 4 heteroatoms. The van der Waals surface area contributed by atoms with Crippen LogP contribution in [0.25, 0.3) is 0 Å². The van der Waals surface area contributed by atoms with Crippen LogP contribution in [-0.2, 0) is 11.2 Å². The van der Waals surface area contributed by atoms with Crippen LogP contribution in [0.4, 0.5) is 0 Å². The van der Waals surface area contributed by atoms with E-state index in [-0.39, 0.29) is 18.0 Å². The summed E-state index contributed by atoms with van der Waals surface area (Å²) in [6.07, 6.45) is 0.679. The summed E-state index contributed by atoms with van der Waals surface area (Å²) in [5.74, 6) is -0.156. The highest BCUT2D eigenvalue weighted by Crippen LogP contribution is 2.20. The first kappa shape index (κ1) is 13.0. The highest BCUT2D eigenvalue weighted by molar-refractivity contribution is 6.31. The van der Waals surface area contributed by atoms with E-state index < -0.39 is 0 Å². The summed E-state index contributed by atoms with van der Waals surface area (Å²) in [5, 5.41) is 3.58. The van der Waals surface area contributed by atoms with Gasteiger partial charge in [0.1, 0.15) is 0 Å². The first-order chi connectivity index (χ1) is 7.44. The Hall–Kier alpha value is -1.06. The monoisotopic (exact) mass is 240 g/mol. The molecule has 0 radical (unpaired) electrons. The molecule has 0 fully saturated rings. The molecular formula is C12H17ClN2O. The van der Waals surface area contributed by atoms with E-state index in [0.29, 0.717) is 6.42 Å². The molecule has 3 nitrogen and oxygen atoms in total. The first-order valence-corrected chi connectivity index (χ1v) is 5.57. The third kappa shape index (κ3) is 3.83. The number of carbonyl (C=O) groups excluding carboxylic acids is 1. The molecular weight excluding hydrogens is 224 g/mol. The molecule has 0 saturated carbocycles. The SMILES string of the molecule is CC(C)(Cc1ccccc1Cl)NC(=O)CN. The molecule has 1 amide bonds. The van der Waals surface area contributed by atoms with Crippen LogP contribution in [0.1, 0.15) is 19.4 Å². The first-order valence-electron chi connectivity index (χ1n) is 5.19. The third-order valence-corrected chi connectivity index (χ3v) is 2.62. The van der Waals surface area contributed by atoms with Crippen molar-refractivity contribution in [1.82, 2.24) is 5.32 Å². The number of amides is 1. The fourth-order valence-electron chi connectivity index (χ4n) is 1.59. The van der Waals surface area contributed by atoms with Crippen LogP contribution in [0.15, 0.2) is 24.3 Å². The lowest BCUT2D eigenvalue weighted by atomic mass is 9.95. The zero-order valence-electron chi connectivity index (χ0n) is 9.59. The Morgan fingerprint density at radius 3 is 2.62 bits per heavy atom. The molecule has 0 aliphatic carbocycles. The number of halogens is 1. The Balaban J connectivity index is 2.72. The van der Waals surface area contributed by atoms with Gasteiger partial charge in [0, 0.05) is 10.6 Å². The van der Waals surface area contributed by atoms with Gasteiger partial charge < -0.3 is 11.1 Å². The normalized spacial score (nSPS) is 11.2. The molecule has 1 aromatic rings. The van der Waals surface area contributed by atoms with E-state index in [2.05, 4.69) is 5.32 Å². The van der Waals surface area contributed by atoms with Gasteiger partial charge in [0.05, 0.1) is 6.54 Å². The summed E-state index contributed by atoms with van der Waals surface area (Å²) >= 11 is 6.06. The van der Waals surface area contributed by atoms with Gasteiger partial charge in [-0.1, -0.05) is 29.8 Å². The maximum atomic E-state index is 11.2. The van der Waals surface area contributed by atoms with Crippen molar-refractivity contribution in [2.75, 3.05) is 6.54 Å². The zero-order chi connectivity index (χ0) is 12.2. The van der Waals surface area contributed by atoms with Crippen molar-refractivity contribution in [1.29, 1.82) is 0 Å². The zero-order valence-corrected chi connectivity index (χ0v) is 10.3. The number of hydrogen-bond acceptors (Lipinski definition) is 2. The highest BCUT2D eigenvalue weighted by Gasteiger charge is 2.21. The second-order valence-electron chi connectivity index (χ2n) is 4.40. The van der Waals surface area contributed by atoms with Crippen LogP contribution in [-0.4, -0.2) is 18.0 Å². The fraction of sp³-hybridized carbons (Fsp3) is 0.417. The van der Waals surface area contributed by atoms with E-state index in [9.17, 15) is 4.79 Å². The molecule has 1 rings (SSSR count). The van der Waals surface area contributed by atoms with E-state index >= 15 is 0 Å². The summed E-state index contributed by atoms with van der Waals surface area (Å²) in [6.45, 7) is 3.90. The van der Waals surface area contributed by atoms with Crippen LogP contribution < -0.4 is 11.1 Å². The van der Waals surface area contributed by atoms with Gasteiger partial charge in [-0.05, 0) is 31.9 Å². The fourth-order valence-corrected chi connectivity index (χ4v) is 1.79. The molecule has 1 aromatic carbocycles. The van der Waals surface area contributed by atoms with Crippen molar-refractivity contribution in [2.24, 2.45) is 5.73 Å². The highest BCUT2D eigenvalue weighted by atomic mass is 35.5. The molecule has 0 aliphatic heterocycles.